The van der Waals surface area contributed by atoms with Crippen LogP contribution < -0.4 is 5.73 Å². The molecule has 3 unspecified atom stereocenters. The third kappa shape index (κ3) is 3.97. The van der Waals surface area contributed by atoms with Crippen LogP contribution in [0, 0.1) is 17.0 Å². The molecule has 4 rings (SSSR count). The molecule has 3 aliphatic heterocycles. The summed E-state index contributed by atoms with van der Waals surface area (Å²) in [6.45, 7) is 9.65. The Labute approximate surface area is 167 Å². The van der Waals surface area contributed by atoms with Crippen molar-refractivity contribution < 1.29 is 13.5 Å². The topological polar surface area (TPSA) is 41.7 Å². The highest BCUT2D eigenvalue weighted by atomic mass is 19.1. The SMILES string of the molecule is CC(C)N1CCC2(CC1)CCN(C1COC(c3cc(F)ccc3F)C(N)C1)C2. The van der Waals surface area contributed by atoms with E-state index in [1.165, 1.54) is 38.4 Å². The van der Waals surface area contributed by atoms with Gasteiger partial charge in [0.1, 0.15) is 17.7 Å². The molecule has 2 N–H and O–H groups in total. The molecule has 0 bridgehead atoms. The normalized spacial score (nSPS) is 31.7. The smallest absolute Gasteiger partial charge is 0.129 e. The van der Waals surface area contributed by atoms with Gasteiger partial charge in [0.25, 0.3) is 0 Å². The molecule has 0 aliphatic carbocycles. The van der Waals surface area contributed by atoms with Crippen LogP contribution in [0.25, 0.3) is 0 Å². The van der Waals surface area contributed by atoms with Crippen LogP contribution in [0.2, 0.25) is 0 Å². The van der Waals surface area contributed by atoms with Crippen molar-refractivity contribution in [2.75, 3.05) is 32.8 Å². The fraction of sp³-hybridized carbons (Fsp3) is 0.727. The Bertz CT molecular complexity index is 690. The van der Waals surface area contributed by atoms with Gasteiger partial charge in [-0.15, -0.1) is 0 Å². The highest BCUT2D eigenvalue weighted by Gasteiger charge is 2.44. The van der Waals surface area contributed by atoms with Crippen LogP contribution in [0.5, 0.6) is 0 Å². The number of nitrogens with two attached hydrogens (primary N) is 1. The fourth-order valence-corrected chi connectivity index (χ4v) is 5.36. The van der Waals surface area contributed by atoms with Gasteiger partial charge in [-0.05, 0) is 82.8 Å². The lowest BCUT2D eigenvalue weighted by molar-refractivity contribution is -0.0503. The quantitative estimate of drug-likeness (QED) is 0.856. The monoisotopic (exact) mass is 393 g/mol. The van der Waals surface area contributed by atoms with Crippen LogP contribution in [0.3, 0.4) is 0 Å². The first-order valence-electron chi connectivity index (χ1n) is 10.7. The van der Waals surface area contributed by atoms with Gasteiger partial charge in [0.05, 0.1) is 6.61 Å². The first-order valence-corrected chi connectivity index (χ1v) is 10.7. The number of hydrogen-bond donors (Lipinski definition) is 1. The van der Waals surface area contributed by atoms with Crippen molar-refractivity contribution in [3.8, 4) is 0 Å². The summed E-state index contributed by atoms with van der Waals surface area (Å²) in [4.78, 5) is 5.11. The highest BCUT2D eigenvalue weighted by Crippen LogP contribution is 2.42. The Balaban J connectivity index is 1.36. The van der Waals surface area contributed by atoms with Crippen LogP contribution in [-0.2, 0) is 4.74 Å². The van der Waals surface area contributed by atoms with Gasteiger partial charge in [0, 0.05) is 30.2 Å². The van der Waals surface area contributed by atoms with Crippen molar-refractivity contribution >= 4 is 0 Å². The Morgan fingerprint density at radius 2 is 1.86 bits per heavy atom. The maximum Gasteiger partial charge on any atom is 0.129 e. The zero-order valence-electron chi connectivity index (χ0n) is 17.0. The number of nitrogens with zero attached hydrogens (tertiary/aromatic N) is 2. The van der Waals surface area contributed by atoms with E-state index in [0.717, 1.165) is 31.6 Å². The Kier molecular flexibility index (Phi) is 5.76. The lowest BCUT2D eigenvalue weighted by Gasteiger charge is -2.43. The van der Waals surface area contributed by atoms with Gasteiger partial charge in [0.15, 0.2) is 0 Å². The van der Waals surface area contributed by atoms with E-state index in [0.29, 0.717) is 18.1 Å². The minimum Gasteiger partial charge on any atom is -0.370 e. The van der Waals surface area contributed by atoms with Crippen LogP contribution in [-0.4, -0.2) is 60.7 Å². The summed E-state index contributed by atoms with van der Waals surface area (Å²) >= 11 is 0. The van der Waals surface area contributed by atoms with E-state index in [-0.39, 0.29) is 17.6 Å². The summed E-state index contributed by atoms with van der Waals surface area (Å²) in [7, 11) is 0. The van der Waals surface area contributed by atoms with E-state index in [2.05, 4.69) is 23.6 Å². The molecular formula is C22H33F2N3O. The predicted octanol–water partition coefficient (Wildman–Crippen LogP) is 3.32. The maximum atomic E-state index is 14.1. The van der Waals surface area contributed by atoms with Gasteiger partial charge in [-0.2, -0.15) is 0 Å². The van der Waals surface area contributed by atoms with Crippen molar-refractivity contribution in [2.45, 2.75) is 63.8 Å². The lowest BCUT2D eigenvalue weighted by Crippen LogP contribution is -2.50. The molecule has 6 heteroatoms. The lowest BCUT2D eigenvalue weighted by atomic mass is 9.77. The third-order valence-electron chi connectivity index (χ3n) is 7.24. The molecule has 1 spiro atoms. The number of rotatable bonds is 3. The van der Waals surface area contributed by atoms with Crippen LogP contribution in [0.1, 0.15) is 51.2 Å². The molecule has 1 aromatic carbocycles. The largest absolute Gasteiger partial charge is 0.370 e. The molecule has 0 radical (unpaired) electrons. The van der Waals surface area contributed by atoms with Crippen LogP contribution >= 0.6 is 0 Å². The van der Waals surface area contributed by atoms with Gasteiger partial charge in [-0.1, -0.05) is 0 Å². The summed E-state index contributed by atoms with van der Waals surface area (Å²) in [6.07, 6.45) is 3.95. The van der Waals surface area contributed by atoms with Crippen molar-refractivity contribution in [1.29, 1.82) is 0 Å². The van der Waals surface area contributed by atoms with E-state index in [4.69, 9.17) is 10.5 Å². The van der Waals surface area contributed by atoms with E-state index in [9.17, 15) is 8.78 Å². The van der Waals surface area contributed by atoms with Crippen molar-refractivity contribution in [1.82, 2.24) is 9.80 Å². The summed E-state index contributed by atoms with van der Waals surface area (Å²) in [6, 6.07) is 4.07. The van der Waals surface area contributed by atoms with E-state index < -0.39 is 17.7 Å². The molecule has 0 amide bonds. The summed E-state index contributed by atoms with van der Waals surface area (Å²) in [5.74, 6) is -0.902. The van der Waals surface area contributed by atoms with Gasteiger partial charge >= 0.3 is 0 Å². The summed E-state index contributed by atoms with van der Waals surface area (Å²) in [5.41, 5.74) is 7.03. The third-order valence-corrected chi connectivity index (χ3v) is 7.24. The van der Waals surface area contributed by atoms with E-state index >= 15 is 0 Å². The molecule has 3 aliphatic rings. The first-order chi connectivity index (χ1) is 13.4. The molecular weight excluding hydrogens is 360 g/mol. The molecule has 156 valence electrons. The van der Waals surface area contributed by atoms with E-state index in [1.807, 2.05) is 0 Å². The highest BCUT2D eigenvalue weighted by molar-refractivity contribution is 5.23. The molecule has 0 aromatic heterocycles. The van der Waals surface area contributed by atoms with Gasteiger partial charge < -0.3 is 15.4 Å². The van der Waals surface area contributed by atoms with Crippen molar-refractivity contribution in [3.05, 3.63) is 35.4 Å². The molecule has 28 heavy (non-hydrogen) atoms. The van der Waals surface area contributed by atoms with Crippen molar-refractivity contribution in [3.63, 3.8) is 0 Å². The summed E-state index contributed by atoms with van der Waals surface area (Å²) in [5, 5.41) is 0. The van der Waals surface area contributed by atoms with E-state index in [1.54, 1.807) is 0 Å². The second-order valence-electron chi connectivity index (χ2n) is 9.32. The number of benzene rings is 1. The molecule has 1 aromatic rings. The van der Waals surface area contributed by atoms with Gasteiger partial charge in [0.2, 0.25) is 0 Å². The Morgan fingerprint density at radius 1 is 1.14 bits per heavy atom. The number of halogens is 2. The molecule has 3 fully saturated rings. The molecule has 3 saturated heterocycles. The Morgan fingerprint density at radius 3 is 2.54 bits per heavy atom. The van der Waals surface area contributed by atoms with Crippen molar-refractivity contribution in [2.24, 2.45) is 11.1 Å². The van der Waals surface area contributed by atoms with Crippen LogP contribution in [0.15, 0.2) is 18.2 Å². The minimum atomic E-state index is -0.571. The summed E-state index contributed by atoms with van der Waals surface area (Å²) < 4.78 is 33.7. The Hall–Kier alpha value is -1.08. The molecule has 4 nitrogen and oxygen atoms in total. The standard InChI is InChI=1S/C22H33F2N3O/c1-15(2)26-8-5-22(6-9-26)7-10-27(14-22)17-12-20(25)21(28-13-17)18-11-16(23)3-4-19(18)24/h3-4,11,15,17,20-21H,5-10,12-14,25H2,1-2H3. The zero-order valence-corrected chi connectivity index (χ0v) is 17.0. The minimum absolute atomic E-state index is 0.241. The first kappa shape index (κ1) is 20.2. The zero-order chi connectivity index (χ0) is 19.9. The average Bonchev–Trinajstić information content (AvgIpc) is 3.08. The predicted molar refractivity (Wildman–Crippen MR) is 106 cm³/mol. The van der Waals surface area contributed by atoms with Crippen LogP contribution in [0.4, 0.5) is 8.78 Å². The van der Waals surface area contributed by atoms with Gasteiger partial charge in [-0.25, -0.2) is 8.78 Å². The number of ether oxygens (including phenoxy) is 1. The molecule has 3 atom stereocenters. The number of piperidine rings is 1. The number of hydrogen-bond acceptors (Lipinski definition) is 4. The average molecular weight is 394 g/mol. The maximum absolute atomic E-state index is 14.1. The second-order valence-corrected chi connectivity index (χ2v) is 9.32. The number of likely N-dealkylation sites (tertiary alicyclic amines) is 2. The fourth-order valence-electron chi connectivity index (χ4n) is 5.36. The second kappa shape index (κ2) is 7.98. The molecule has 3 heterocycles. The van der Waals surface area contributed by atoms with Gasteiger partial charge in [-0.3, -0.25) is 4.90 Å². The molecule has 0 saturated carbocycles.